The minimum absolute atomic E-state index is 0.0393. The second-order valence-electron chi connectivity index (χ2n) is 5.65. The molecule has 1 aromatic heterocycles. The van der Waals surface area contributed by atoms with Crippen molar-refractivity contribution in [3.63, 3.8) is 0 Å². The minimum atomic E-state index is -0.234. The molecule has 2 N–H and O–H groups in total. The van der Waals surface area contributed by atoms with Crippen LogP contribution < -0.4 is 15.5 Å². The smallest absolute Gasteiger partial charge is 0.315 e. The molecule has 0 bridgehead atoms. The second kappa shape index (κ2) is 6.83. The highest BCUT2D eigenvalue weighted by Gasteiger charge is 2.31. The van der Waals surface area contributed by atoms with Crippen LogP contribution in [0.1, 0.15) is 16.9 Å². The first kappa shape index (κ1) is 15.6. The molecule has 0 spiro atoms. The van der Waals surface area contributed by atoms with E-state index in [1.165, 1.54) is 0 Å². The predicted molar refractivity (Wildman–Crippen MR) is 91.6 cm³/mol. The van der Waals surface area contributed by atoms with Crippen molar-refractivity contribution in [1.29, 1.82) is 0 Å². The van der Waals surface area contributed by atoms with Crippen LogP contribution >= 0.6 is 11.3 Å². The van der Waals surface area contributed by atoms with Crippen molar-refractivity contribution < 1.29 is 9.59 Å². The molecule has 0 aliphatic carbocycles. The van der Waals surface area contributed by atoms with E-state index >= 15 is 0 Å². The normalized spacial score (nSPS) is 17.3. The van der Waals surface area contributed by atoms with Crippen molar-refractivity contribution in [3.8, 4) is 0 Å². The maximum atomic E-state index is 12.2. The summed E-state index contributed by atoms with van der Waals surface area (Å²) in [7, 11) is 0. The van der Waals surface area contributed by atoms with Crippen molar-refractivity contribution in [1.82, 2.24) is 10.6 Å². The number of urea groups is 1. The van der Waals surface area contributed by atoms with Crippen LogP contribution in [0.15, 0.2) is 41.8 Å². The fourth-order valence-corrected chi connectivity index (χ4v) is 3.24. The van der Waals surface area contributed by atoms with E-state index in [1.807, 2.05) is 48.7 Å². The molecule has 0 radical (unpaired) electrons. The van der Waals surface area contributed by atoms with Crippen LogP contribution in [0.2, 0.25) is 0 Å². The van der Waals surface area contributed by atoms with Gasteiger partial charge >= 0.3 is 6.03 Å². The van der Waals surface area contributed by atoms with Crippen molar-refractivity contribution in [3.05, 3.63) is 52.2 Å². The van der Waals surface area contributed by atoms with Gasteiger partial charge in [0.05, 0.1) is 12.6 Å². The number of nitrogens with zero attached hydrogens (tertiary/aromatic N) is 1. The third-order valence-electron chi connectivity index (χ3n) is 3.81. The zero-order chi connectivity index (χ0) is 16.2. The van der Waals surface area contributed by atoms with Crippen LogP contribution in [0.25, 0.3) is 0 Å². The molecule has 1 saturated heterocycles. The average molecular weight is 329 g/mol. The number of rotatable bonds is 4. The standard InChI is InChI=1S/C17H19N3O2S/c1-12-4-6-14(7-5-12)20-11-13(9-16(20)21)19-17(22)18-10-15-3-2-8-23-15/h2-8,13H,9-11H2,1H3,(H2,18,19,22)/t13-/m1/s1. The van der Waals surface area contributed by atoms with Gasteiger partial charge in [-0.05, 0) is 30.5 Å². The van der Waals surface area contributed by atoms with E-state index in [0.717, 1.165) is 16.1 Å². The van der Waals surface area contributed by atoms with E-state index < -0.39 is 0 Å². The van der Waals surface area contributed by atoms with Crippen molar-refractivity contribution in [2.45, 2.75) is 25.9 Å². The summed E-state index contributed by atoms with van der Waals surface area (Å²) in [6.07, 6.45) is 0.334. The molecular formula is C17H19N3O2S. The number of amides is 3. The molecule has 1 atom stereocenters. The topological polar surface area (TPSA) is 61.4 Å². The third-order valence-corrected chi connectivity index (χ3v) is 4.69. The second-order valence-corrected chi connectivity index (χ2v) is 6.68. The minimum Gasteiger partial charge on any atom is -0.333 e. The number of benzene rings is 1. The number of carbonyl (C=O) groups excluding carboxylic acids is 2. The molecule has 23 heavy (non-hydrogen) atoms. The quantitative estimate of drug-likeness (QED) is 0.906. The van der Waals surface area contributed by atoms with Gasteiger partial charge in [0.2, 0.25) is 5.91 Å². The largest absolute Gasteiger partial charge is 0.333 e. The van der Waals surface area contributed by atoms with E-state index in [1.54, 1.807) is 16.2 Å². The lowest BCUT2D eigenvalue weighted by Gasteiger charge is -2.17. The summed E-state index contributed by atoms with van der Waals surface area (Å²) in [6, 6.07) is 11.4. The van der Waals surface area contributed by atoms with Gasteiger partial charge in [0, 0.05) is 23.5 Å². The molecule has 3 amide bonds. The monoisotopic (exact) mass is 329 g/mol. The van der Waals surface area contributed by atoms with Gasteiger partial charge in [0.15, 0.2) is 0 Å². The van der Waals surface area contributed by atoms with Crippen molar-refractivity contribution >= 4 is 29.0 Å². The van der Waals surface area contributed by atoms with Crippen LogP contribution in [0.4, 0.5) is 10.5 Å². The fourth-order valence-electron chi connectivity index (χ4n) is 2.60. The SMILES string of the molecule is Cc1ccc(N2C[C@H](NC(=O)NCc3cccs3)CC2=O)cc1. The Hall–Kier alpha value is -2.34. The molecule has 1 aliphatic rings. The van der Waals surface area contributed by atoms with Crippen LogP contribution in [0.5, 0.6) is 0 Å². The highest BCUT2D eigenvalue weighted by molar-refractivity contribution is 7.09. The summed E-state index contributed by atoms with van der Waals surface area (Å²) >= 11 is 1.60. The summed E-state index contributed by atoms with van der Waals surface area (Å²) in [6.45, 7) is 3.03. The molecule has 6 heteroatoms. The summed E-state index contributed by atoms with van der Waals surface area (Å²) in [5, 5.41) is 7.67. The predicted octanol–water partition coefficient (Wildman–Crippen LogP) is 2.66. The number of hydrogen-bond acceptors (Lipinski definition) is 3. The average Bonchev–Trinajstić information content (AvgIpc) is 3.16. The van der Waals surface area contributed by atoms with Crippen LogP contribution in [0, 0.1) is 6.92 Å². The molecule has 1 aliphatic heterocycles. The maximum Gasteiger partial charge on any atom is 0.315 e. The first-order valence-electron chi connectivity index (χ1n) is 7.55. The van der Waals surface area contributed by atoms with Gasteiger partial charge in [-0.2, -0.15) is 0 Å². The molecule has 5 nitrogen and oxygen atoms in total. The van der Waals surface area contributed by atoms with Gasteiger partial charge in [0.1, 0.15) is 0 Å². The Kier molecular flexibility index (Phi) is 4.62. The van der Waals surface area contributed by atoms with Gasteiger partial charge in [-0.1, -0.05) is 23.8 Å². The maximum absolute atomic E-state index is 12.2. The van der Waals surface area contributed by atoms with Crippen molar-refractivity contribution in [2.24, 2.45) is 0 Å². The Morgan fingerprint density at radius 2 is 2.09 bits per heavy atom. The van der Waals surface area contributed by atoms with Crippen LogP contribution in [-0.2, 0) is 11.3 Å². The third kappa shape index (κ3) is 3.90. The summed E-state index contributed by atoms with van der Waals surface area (Å²) < 4.78 is 0. The van der Waals surface area contributed by atoms with E-state index in [0.29, 0.717) is 19.5 Å². The molecule has 120 valence electrons. The summed E-state index contributed by atoms with van der Waals surface area (Å²) in [4.78, 5) is 26.9. The Bertz CT molecular complexity index is 682. The van der Waals surface area contributed by atoms with Gasteiger partial charge in [-0.25, -0.2) is 4.79 Å². The summed E-state index contributed by atoms with van der Waals surface area (Å²) in [5.41, 5.74) is 2.03. The van der Waals surface area contributed by atoms with E-state index in [9.17, 15) is 9.59 Å². The van der Waals surface area contributed by atoms with E-state index in [-0.39, 0.29) is 18.0 Å². The molecule has 3 rings (SSSR count). The molecular weight excluding hydrogens is 310 g/mol. The first-order valence-corrected chi connectivity index (χ1v) is 8.43. The van der Waals surface area contributed by atoms with Crippen LogP contribution in [0.3, 0.4) is 0 Å². The number of anilines is 1. The van der Waals surface area contributed by atoms with Gasteiger partial charge < -0.3 is 15.5 Å². The molecule has 1 aromatic carbocycles. The Balaban J connectivity index is 1.53. The zero-order valence-corrected chi connectivity index (χ0v) is 13.7. The van der Waals surface area contributed by atoms with Gasteiger partial charge in [-0.3, -0.25) is 4.79 Å². The molecule has 0 unspecified atom stereocenters. The number of hydrogen-bond donors (Lipinski definition) is 2. The Morgan fingerprint density at radius 1 is 1.30 bits per heavy atom. The number of nitrogens with one attached hydrogen (secondary N) is 2. The molecule has 2 heterocycles. The van der Waals surface area contributed by atoms with Crippen LogP contribution in [-0.4, -0.2) is 24.5 Å². The van der Waals surface area contributed by atoms with E-state index in [2.05, 4.69) is 10.6 Å². The Morgan fingerprint density at radius 3 is 2.78 bits per heavy atom. The first-order chi connectivity index (χ1) is 11.1. The highest BCUT2D eigenvalue weighted by atomic mass is 32.1. The highest BCUT2D eigenvalue weighted by Crippen LogP contribution is 2.21. The van der Waals surface area contributed by atoms with E-state index in [4.69, 9.17) is 0 Å². The Labute approximate surface area is 139 Å². The van der Waals surface area contributed by atoms with Crippen molar-refractivity contribution in [2.75, 3.05) is 11.4 Å². The molecule has 0 saturated carbocycles. The zero-order valence-electron chi connectivity index (χ0n) is 12.9. The molecule has 2 aromatic rings. The number of carbonyl (C=O) groups is 2. The lowest BCUT2D eigenvalue weighted by molar-refractivity contribution is -0.117. The summed E-state index contributed by atoms with van der Waals surface area (Å²) in [5.74, 6) is 0.0393. The van der Waals surface area contributed by atoms with Gasteiger partial charge in [0.25, 0.3) is 0 Å². The molecule has 1 fully saturated rings. The lowest BCUT2D eigenvalue weighted by atomic mass is 10.2. The lowest BCUT2D eigenvalue weighted by Crippen LogP contribution is -2.43. The fraction of sp³-hybridized carbons (Fsp3) is 0.294. The number of thiophene rings is 1. The van der Waals surface area contributed by atoms with Gasteiger partial charge in [-0.15, -0.1) is 11.3 Å². The number of aryl methyl sites for hydroxylation is 1.